The number of carbonyl (C=O) groups is 1. The Morgan fingerprint density at radius 1 is 1.26 bits per heavy atom. The number of aromatic nitrogens is 4. The Labute approximate surface area is 156 Å². The second-order valence-corrected chi connectivity index (χ2v) is 6.11. The summed E-state index contributed by atoms with van der Waals surface area (Å²) in [6.45, 7) is 3.80. The van der Waals surface area contributed by atoms with Crippen LogP contribution in [0.5, 0.6) is 0 Å². The number of hydrogen-bond donors (Lipinski definition) is 2. The van der Waals surface area contributed by atoms with Crippen molar-refractivity contribution in [3.05, 3.63) is 70.5 Å². The molecule has 0 fully saturated rings. The summed E-state index contributed by atoms with van der Waals surface area (Å²) < 4.78 is 1.48. The van der Waals surface area contributed by atoms with Crippen molar-refractivity contribution in [3.8, 4) is 11.8 Å². The van der Waals surface area contributed by atoms with Crippen LogP contribution in [0.3, 0.4) is 0 Å². The number of para-hydroxylation sites is 1. The summed E-state index contributed by atoms with van der Waals surface area (Å²) >= 11 is 0. The number of nitriles is 1. The number of aliphatic hydroxyl groups excluding tert-OH is 1. The van der Waals surface area contributed by atoms with Crippen molar-refractivity contribution in [2.24, 2.45) is 0 Å². The van der Waals surface area contributed by atoms with Crippen molar-refractivity contribution < 1.29 is 9.90 Å². The van der Waals surface area contributed by atoms with E-state index in [2.05, 4.69) is 20.8 Å². The van der Waals surface area contributed by atoms with Gasteiger partial charge in [0.1, 0.15) is 6.10 Å². The summed E-state index contributed by atoms with van der Waals surface area (Å²) in [5.74, 6) is -0.157. The van der Waals surface area contributed by atoms with E-state index < -0.39 is 12.0 Å². The first-order valence-electron chi connectivity index (χ1n) is 8.32. The van der Waals surface area contributed by atoms with Crippen LogP contribution in [0.1, 0.15) is 39.0 Å². The van der Waals surface area contributed by atoms with Crippen molar-refractivity contribution in [1.82, 2.24) is 25.5 Å². The van der Waals surface area contributed by atoms with Crippen LogP contribution in [0.4, 0.5) is 0 Å². The van der Waals surface area contributed by atoms with Gasteiger partial charge in [-0.05, 0) is 53.6 Å². The maximum absolute atomic E-state index is 12.3. The third kappa shape index (κ3) is 3.83. The third-order valence-corrected chi connectivity index (χ3v) is 4.15. The Bertz CT molecular complexity index is 1000. The molecule has 0 aliphatic rings. The zero-order chi connectivity index (χ0) is 19.4. The lowest BCUT2D eigenvalue weighted by Gasteiger charge is -2.14. The van der Waals surface area contributed by atoms with E-state index in [0.29, 0.717) is 11.1 Å². The van der Waals surface area contributed by atoms with Gasteiger partial charge in [-0.3, -0.25) is 4.79 Å². The molecule has 1 aromatic heterocycles. The van der Waals surface area contributed by atoms with Crippen LogP contribution in [-0.2, 0) is 0 Å². The minimum Gasteiger partial charge on any atom is -0.383 e. The topological polar surface area (TPSA) is 117 Å². The van der Waals surface area contributed by atoms with E-state index in [1.165, 1.54) is 10.7 Å². The minimum absolute atomic E-state index is 0.0685. The summed E-state index contributed by atoms with van der Waals surface area (Å²) in [7, 11) is 0. The third-order valence-electron chi connectivity index (χ3n) is 4.15. The molecule has 0 aliphatic carbocycles. The quantitative estimate of drug-likeness (QED) is 0.712. The van der Waals surface area contributed by atoms with Gasteiger partial charge in [0.25, 0.3) is 5.91 Å². The van der Waals surface area contributed by atoms with E-state index in [1.807, 2.05) is 38.1 Å². The molecule has 0 radical (unpaired) electrons. The highest BCUT2D eigenvalue weighted by Crippen LogP contribution is 2.21. The second kappa shape index (κ2) is 7.76. The first-order chi connectivity index (χ1) is 13.0. The van der Waals surface area contributed by atoms with Crippen LogP contribution in [0, 0.1) is 25.2 Å². The van der Waals surface area contributed by atoms with Gasteiger partial charge in [-0.1, -0.05) is 24.3 Å². The number of nitrogens with zero attached hydrogens (tertiary/aromatic N) is 5. The van der Waals surface area contributed by atoms with E-state index in [1.54, 1.807) is 18.2 Å². The van der Waals surface area contributed by atoms with Crippen molar-refractivity contribution in [3.63, 3.8) is 0 Å². The van der Waals surface area contributed by atoms with Crippen molar-refractivity contribution in [1.29, 1.82) is 5.26 Å². The Morgan fingerprint density at radius 3 is 2.67 bits per heavy atom. The molecule has 2 aromatic carbocycles. The molecule has 0 saturated carbocycles. The molecule has 8 heteroatoms. The van der Waals surface area contributed by atoms with Gasteiger partial charge in [0, 0.05) is 5.56 Å². The fourth-order valence-electron chi connectivity index (χ4n) is 2.81. The summed E-state index contributed by atoms with van der Waals surface area (Å²) in [5.41, 5.74) is 3.46. The molecule has 3 rings (SSSR count). The molecule has 3 aromatic rings. The first-order valence-corrected chi connectivity index (χ1v) is 8.32. The fourth-order valence-corrected chi connectivity index (χ4v) is 2.81. The molecule has 27 heavy (non-hydrogen) atoms. The monoisotopic (exact) mass is 362 g/mol. The molecule has 136 valence electrons. The number of aryl methyl sites for hydroxylation is 2. The van der Waals surface area contributed by atoms with Gasteiger partial charge in [0.2, 0.25) is 0 Å². The molecule has 2 N–H and O–H groups in total. The van der Waals surface area contributed by atoms with E-state index in [0.717, 1.165) is 16.8 Å². The number of benzene rings is 2. The lowest BCUT2D eigenvalue weighted by Crippen LogP contribution is -2.29. The summed E-state index contributed by atoms with van der Waals surface area (Å²) in [4.78, 5) is 12.3. The van der Waals surface area contributed by atoms with Gasteiger partial charge >= 0.3 is 0 Å². The second-order valence-electron chi connectivity index (χ2n) is 6.11. The van der Waals surface area contributed by atoms with Crippen LogP contribution in [0.25, 0.3) is 5.69 Å². The number of hydrogen-bond acceptors (Lipinski definition) is 6. The van der Waals surface area contributed by atoms with Crippen LogP contribution in [0.15, 0.2) is 42.5 Å². The number of tetrazole rings is 1. The van der Waals surface area contributed by atoms with Gasteiger partial charge in [0.05, 0.1) is 23.9 Å². The SMILES string of the molecule is Cc1cccc(C)c1-n1nnnc1C(O)CNC(=O)c1cccc(C#N)c1. The molecule has 1 unspecified atom stereocenters. The van der Waals surface area contributed by atoms with Gasteiger partial charge in [-0.2, -0.15) is 9.94 Å². The number of nitrogens with one attached hydrogen (secondary N) is 1. The fraction of sp³-hybridized carbons (Fsp3) is 0.211. The Hall–Kier alpha value is -3.57. The lowest BCUT2D eigenvalue weighted by molar-refractivity contribution is 0.0909. The van der Waals surface area contributed by atoms with Crippen molar-refractivity contribution in [2.75, 3.05) is 6.54 Å². The molecule has 0 saturated heterocycles. The molecule has 0 spiro atoms. The molecule has 0 aliphatic heterocycles. The molecule has 1 amide bonds. The molecule has 1 heterocycles. The Morgan fingerprint density at radius 2 is 1.96 bits per heavy atom. The first kappa shape index (κ1) is 18.2. The van der Waals surface area contributed by atoms with Crippen LogP contribution < -0.4 is 5.32 Å². The highest BCUT2D eigenvalue weighted by atomic mass is 16.3. The largest absolute Gasteiger partial charge is 0.383 e. The van der Waals surface area contributed by atoms with Crippen LogP contribution in [-0.4, -0.2) is 37.8 Å². The normalized spacial score (nSPS) is 11.6. The number of amides is 1. The van der Waals surface area contributed by atoms with E-state index >= 15 is 0 Å². The highest BCUT2D eigenvalue weighted by Gasteiger charge is 2.20. The van der Waals surface area contributed by atoms with E-state index in [9.17, 15) is 9.90 Å². The Balaban J connectivity index is 1.76. The highest BCUT2D eigenvalue weighted by molar-refractivity contribution is 5.94. The van der Waals surface area contributed by atoms with Crippen molar-refractivity contribution in [2.45, 2.75) is 20.0 Å². The van der Waals surface area contributed by atoms with Crippen molar-refractivity contribution >= 4 is 5.91 Å². The van der Waals surface area contributed by atoms with Gasteiger partial charge in [0.15, 0.2) is 5.82 Å². The summed E-state index contributed by atoms with van der Waals surface area (Å²) in [5, 5.41) is 33.6. The minimum atomic E-state index is -1.10. The Kier molecular flexibility index (Phi) is 5.24. The average Bonchev–Trinajstić information content (AvgIpc) is 3.15. The molecular formula is C19H18N6O2. The predicted molar refractivity (Wildman–Crippen MR) is 97.1 cm³/mol. The number of aliphatic hydroxyl groups is 1. The summed E-state index contributed by atoms with van der Waals surface area (Å²) in [6, 6.07) is 14.1. The maximum atomic E-state index is 12.3. The van der Waals surface area contributed by atoms with Gasteiger partial charge in [-0.25, -0.2) is 0 Å². The zero-order valence-corrected chi connectivity index (χ0v) is 14.9. The molecule has 8 nitrogen and oxygen atoms in total. The smallest absolute Gasteiger partial charge is 0.251 e. The average molecular weight is 362 g/mol. The zero-order valence-electron chi connectivity index (χ0n) is 14.9. The number of carbonyl (C=O) groups excluding carboxylic acids is 1. The van der Waals surface area contributed by atoms with Crippen LogP contribution >= 0.6 is 0 Å². The maximum Gasteiger partial charge on any atom is 0.251 e. The predicted octanol–water partition coefficient (Wildman–Crippen LogP) is 1.61. The van der Waals surface area contributed by atoms with Gasteiger partial charge in [-0.15, -0.1) is 5.10 Å². The van der Waals surface area contributed by atoms with Gasteiger partial charge < -0.3 is 10.4 Å². The standard InChI is InChI=1S/C19H18N6O2/c1-12-5-3-6-13(2)17(12)25-18(22-23-24-25)16(26)11-21-19(27)15-8-4-7-14(9-15)10-20/h3-9,16,26H,11H2,1-2H3,(H,21,27). The lowest BCUT2D eigenvalue weighted by atomic mass is 10.1. The van der Waals surface area contributed by atoms with Crippen LogP contribution in [0.2, 0.25) is 0 Å². The van der Waals surface area contributed by atoms with E-state index in [4.69, 9.17) is 5.26 Å². The summed E-state index contributed by atoms with van der Waals surface area (Å²) in [6.07, 6.45) is -1.10. The molecule has 1 atom stereocenters. The van der Waals surface area contributed by atoms with E-state index in [-0.39, 0.29) is 12.4 Å². The molecule has 0 bridgehead atoms. The molecular weight excluding hydrogens is 344 g/mol. The number of rotatable bonds is 5.